The van der Waals surface area contributed by atoms with Crippen molar-refractivity contribution in [2.75, 3.05) is 13.2 Å². The van der Waals surface area contributed by atoms with Crippen molar-refractivity contribution in [3.05, 3.63) is 42.2 Å². The maximum absolute atomic E-state index is 12.7. The summed E-state index contributed by atoms with van der Waals surface area (Å²) < 4.78 is 17.0. The topological polar surface area (TPSA) is 78.0 Å². The Hall–Kier alpha value is -2.19. The molecule has 0 saturated carbocycles. The second kappa shape index (κ2) is 10.4. The van der Waals surface area contributed by atoms with Crippen LogP contribution in [0.4, 0.5) is 4.79 Å². The van der Waals surface area contributed by atoms with E-state index in [1.165, 1.54) is 6.92 Å². The van der Waals surface area contributed by atoms with E-state index >= 15 is 0 Å². The molecule has 1 saturated heterocycles. The molecule has 0 bridgehead atoms. The molecule has 0 aromatic carbocycles. The van der Waals surface area contributed by atoms with Crippen LogP contribution in [-0.2, 0) is 31.7 Å². The van der Waals surface area contributed by atoms with Gasteiger partial charge < -0.3 is 18.8 Å². The van der Waals surface area contributed by atoms with Gasteiger partial charge in [-0.3, -0.25) is 9.78 Å². The molecule has 2 rings (SSSR count). The van der Waals surface area contributed by atoms with Gasteiger partial charge in [0.25, 0.3) is 0 Å². The van der Waals surface area contributed by atoms with Gasteiger partial charge in [0.1, 0.15) is 13.2 Å². The SMILES string of the molecule is C=CCOC(=O)N1C[C@H](O[Si](C)(C)C(C)(C)C)C[C@H]1Cc1ccnc(COC(C)=O)c1. The molecule has 0 aliphatic carbocycles. The minimum absolute atomic E-state index is 0.0236. The van der Waals surface area contributed by atoms with Crippen LogP contribution >= 0.6 is 0 Å². The lowest BCUT2D eigenvalue weighted by molar-refractivity contribution is -0.142. The fourth-order valence-electron chi connectivity index (χ4n) is 3.36. The first-order chi connectivity index (χ1) is 14.4. The van der Waals surface area contributed by atoms with Crippen LogP contribution in [0.3, 0.4) is 0 Å². The lowest BCUT2D eigenvalue weighted by Gasteiger charge is -2.38. The Kier molecular flexibility index (Phi) is 8.42. The van der Waals surface area contributed by atoms with Crippen LogP contribution in [0.1, 0.15) is 45.4 Å². The molecule has 1 aliphatic heterocycles. The zero-order valence-corrected chi connectivity index (χ0v) is 20.6. The molecule has 0 spiro atoms. The number of carbonyl (C=O) groups is 2. The first-order valence-corrected chi connectivity index (χ1v) is 13.6. The summed E-state index contributed by atoms with van der Waals surface area (Å²) in [7, 11) is -1.97. The summed E-state index contributed by atoms with van der Waals surface area (Å²) in [6, 6.07) is 3.79. The summed E-state index contributed by atoms with van der Waals surface area (Å²) in [4.78, 5) is 29.8. The molecule has 1 aromatic heterocycles. The van der Waals surface area contributed by atoms with Crippen molar-refractivity contribution in [1.29, 1.82) is 0 Å². The summed E-state index contributed by atoms with van der Waals surface area (Å²) in [6.07, 6.45) is 4.29. The van der Waals surface area contributed by atoms with E-state index in [-0.39, 0.29) is 42.5 Å². The number of aromatic nitrogens is 1. The van der Waals surface area contributed by atoms with Gasteiger partial charge in [-0.05, 0) is 48.7 Å². The summed E-state index contributed by atoms with van der Waals surface area (Å²) in [5.41, 5.74) is 1.71. The van der Waals surface area contributed by atoms with Crippen molar-refractivity contribution in [3.63, 3.8) is 0 Å². The van der Waals surface area contributed by atoms with E-state index < -0.39 is 8.32 Å². The maximum atomic E-state index is 12.7. The molecule has 2 atom stereocenters. The average molecular weight is 449 g/mol. The Labute approximate surface area is 186 Å². The number of ether oxygens (including phenoxy) is 2. The maximum Gasteiger partial charge on any atom is 0.410 e. The van der Waals surface area contributed by atoms with E-state index in [2.05, 4.69) is 45.4 Å². The molecule has 1 aromatic rings. The number of pyridine rings is 1. The number of carbonyl (C=O) groups excluding carboxylic acids is 2. The smallest absolute Gasteiger partial charge is 0.410 e. The summed E-state index contributed by atoms with van der Waals surface area (Å²) in [5.74, 6) is -0.343. The standard InChI is InChI=1S/C23H36N2O5Si/c1-8-11-28-22(27)25-15-21(30-31(6,7)23(3,4)5)14-20(25)13-18-9-10-24-19(12-18)16-29-17(2)26/h8-10,12,20-21H,1,11,13-16H2,2-7H3/t20-,21-/m1/s1. The number of esters is 1. The van der Waals surface area contributed by atoms with E-state index in [1.807, 2.05) is 12.1 Å². The third-order valence-corrected chi connectivity index (χ3v) is 10.5. The second-order valence-electron chi connectivity index (χ2n) is 9.55. The predicted octanol–water partition coefficient (Wildman–Crippen LogP) is 4.47. The van der Waals surface area contributed by atoms with Crippen molar-refractivity contribution >= 4 is 20.4 Å². The van der Waals surface area contributed by atoms with Gasteiger partial charge in [-0.15, -0.1) is 0 Å². The van der Waals surface area contributed by atoms with E-state index in [4.69, 9.17) is 13.9 Å². The molecular formula is C23H36N2O5Si. The van der Waals surface area contributed by atoms with Gasteiger partial charge in [0.15, 0.2) is 8.32 Å². The van der Waals surface area contributed by atoms with Crippen LogP contribution in [-0.4, -0.2) is 55.6 Å². The molecule has 8 heteroatoms. The molecule has 31 heavy (non-hydrogen) atoms. The highest BCUT2D eigenvalue weighted by atomic mass is 28.4. The van der Waals surface area contributed by atoms with Crippen molar-refractivity contribution in [2.45, 2.75) is 77.4 Å². The fraction of sp³-hybridized carbons (Fsp3) is 0.609. The van der Waals surface area contributed by atoms with Crippen LogP contribution in [0.25, 0.3) is 0 Å². The van der Waals surface area contributed by atoms with Gasteiger partial charge in [-0.2, -0.15) is 0 Å². The van der Waals surface area contributed by atoms with Crippen molar-refractivity contribution in [1.82, 2.24) is 9.88 Å². The van der Waals surface area contributed by atoms with Gasteiger partial charge in [0, 0.05) is 25.7 Å². The lowest BCUT2D eigenvalue weighted by atomic mass is 10.0. The van der Waals surface area contributed by atoms with E-state index in [0.29, 0.717) is 18.7 Å². The van der Waals surface area contributed by atoms with Crippen molar-refractivity contribution in [2.24, 2.45) is 0 Å². The van der Waals surface area contributed by atoms with Gasteiger partial charge in [0.05, 0.1) is 11.8 Å². The molecule has 1 fully saturated rings. The number of nitrogens with zero attached hydrogens (tertiary/aromatic N) is 2. The molecule has 0 N–H and O–H groups in total. The van der Waals surface area contributed by atoms with Crippen LogP contribution in [0, 0.1) is 0 Å². The van der Waals surface area contributed by atoms with Crippen LogP contribution in [0.15, 0.2) is 31.0 Å². The highest BCUT2D eigenvalue weighted by Crippen LogP contribution is 2.39. The lowest BCUT2D eigenvalue weighted by Crippen LogP contribution is -2.44. The summed E-state index contributed by atoms with van der Waals surface area (Å²) in [5, 5.41) is 0.0932. The van der Waals surface area contributed by atoms with E-state index in [0.717, 1.165) is 12.0 Å². The molecule has 1 amide bonds. The molecule has 2 heterocycles. The third kappa shape index (κ3) is 7.17. The predicted molar refractivity (Wildman–Crippen MR) is 122 cm³/mol. The molecule has 0 radical (unpaired) electrons. The van der Waals surface area contributed by atoms with Crippen molar-refractivity contribution in [3.8, 4) is 0 Å². The summed E-state index contributed by atoms with van der Waals surface area (Å²) in [6.45, 7) is 16.9. The van der Waals surface area contributed by atoms with Crippen molar-refractivity contribution < 1.29 is 23.5 Å². The van der Waals surface area contributed by atoms with E-state index in [9.17, 15) is 9.59 Å². The Morgan fingerprint density at radius 2 is 2.03 bits per heavy atom. The molecular weight excluding hydrogens is 412 g/mol. The number of amides is 1. The first kappa shape index (κ1) is 25.1. The Bertz CT molecular complexity index is 790. The number of hydrogen-bond donors (Lipinski definition) is 0. The normalized spacial score (nSPS) is 19.2. The van der Waals surface area contributed by atoms with Crippen LogP contribution in [0.2, 0.25) is 18.1 Å². The zero-order chi connectivity index (χ0) is 23.2. The van der Waals surface area contributed by atoms with E-state index in [1.54, 1.807) is 17.2 Å². The first-order valence-electron chi connectivity index (χ1n) is 10.7. The highest BCUT2D eigenvalue weighted by Gasteiger charge is 2.44. The quantitative estimate of drug-likeness (QED) is 0.332. The number of hydrogen-bond acceptors (Lipinski definition) is 6. The fourth-order valence-corrected chi connectivity index (χ4v) is 4.72. The number of likely N-dealkylation sites (tertiary alicyclic amines) is 1. The van der Waals surface area contributed by atoms with Gasteiger partial charge in [-0.25, -0.2) is 4.79 Å². The number of rotatable bonds is 8. The Morgan fingerprint density at radius 1 is 1.32 bits per heavy atom. The van der Waals surface area contributed by atoms with Gasteiger partial charge in [0.2, 0.25) is 0 Å². The minimum atomic E-state index is -1.97. The largest absolute Gasteiger partial charge is 0.459 e. The highest BCUT2D eigenvalue weighted by molar-refractivity contribution is 6.74. The molecule has 1 aliphatic rings. The van der Waals surface area contributed by atoms with Gasteiger partial charge in [-0.1, -0.05) is 33.4 Å². The monoisotopic (exact) mass is 448 g/mol. The van der Waals surface area contributed by atoms with Gasteiger partial charge >= 0.3 is 12.1 Å². The Morgan fingerprint density at radius 3 is 2.65 bits per heavy atom. The molecule has 0 unspecified atom stereocenters. The third-order valence-electron chi connectivity index (χ3n) is 5.98. The molecule has 7 nitrogen and oxygen atoms in total. The van der Waals surface area contributed by atoms with Crippen LogP contribution in [0.5, 0.6) is 0 Å². The second-order valence-corrected chi connectivity index (χ2v) is 14.3. The molecule has 172 valence electrons. The minimum Gasteiger partial charge on any atom is -0.459 e. The summed E-state index contributed by atoms with van der Waals surface area (Å²) >= 11 is 0. The van der Waals surface area contributed by atoms with Crippen LogP contribution < -0.4 is 0 Å². The zero-order valence-electron chi connectivity index (χ0n) is 19.6. The average Bonchev–Trinajstić information content (AvgIpc) is 3.05. The Balaban J connectivity index is 2.15.